The fourth-order valence-corrected chi connectivity index (χ4v) is 2.87. The number of esters is 1. The Morgan fingerprint density at radius 1 is 0.962 bits per heavy atom. The van der Waals surface area contributed by atoms with Crippen LogP contribution in [0.4, 0.5) is 0 Å². The Balaban J connectivity index is 2.71. The third-order valence-electron chi connectivity index (χ3n) is 3.50. The second-order valence-electron chi connectivity index (χ2n) is 7.52. The van der Waals surface area contributed by atoms with E-state index < -0.39 is 20.3 Å². The van der Waals surface area contributed by atoms with Crippen LogP contribution in [0.25, 0.3) is 0 Å². The van der Waals surface area contributed by atoms with Gasteiger partial charge in [-0.1, -0.05) is 29.4 Å². The van der Waals surface area contributed by atoms with Crippen molar-refractivity contribution in [2.45, 2.75) is 53.3 Å². The van der Waals surface area contributed by atoms with Gasteiger partial charge >= 0.3 is 11.9 Å². The summed E-state index contributed by atoms with van der Waals surface area (Å²) in [7, 11) is -2.04. The highest BCUT2D eigenvalue weighted by Gasteiger charge is 2.24. The summed E-state index contributed by atoms with van der Waals surface area (Å²) in [5.74, 6) is -0.980. The second kappa shape index (κ2) is 10.1. The van der Waals surface area contributed by atoms with Crippen LogP contribution in [0.2, 0.25) is 19.6 Å². The Kier molecular flexibility index (Phi) is 8.52. The number of allylic oxidation sites excluding steroid dienone is 3. The summed E-state index contributed by atoms with van der Waals surface area (Å²) in [4.78, 5) is 24.7. The highest BCUT2D eigenvalue weighted by Crippen LogP contribution is 2.15. The van der Waals surface area contributed by atoms with Gasteiger partial charge in [0, 0.05) is 0 Å². The summed E-state index contributed by atoms with van der Waals surface area (Å²) in [5.41, 5.74) is 2.96. The van der Waals surface area contributed by atoms with Gasteiger partial charge in [-0.25, -0.2) is 9.59 Å². The molecule has 0 bridgehead atoms. The molecule has 0 saturated heterocycles. The maximum atomic E-state index is 12.4. The van der Waals surface area contributed by atoms with E-state index in [-0.39, 0.29) is 17.7 Å². The van der Waals surface area contributed by atoms with Gasteiger partial charge in [0.25, 0.3) is 0 Å². The number of ether oxygens (including phenoxy) is 1. The van der Waals surface area contributed by atoms with Crippen LogP contribution in [0.15, 0.2) is 47.6 Å². The monoisotopic (exact) mass is 374 g/mol. The average molecular weight is 375 g/mol. The predicted octanol–water partition coefficient (Wildman–Crippen LogP) is 5.53. The SMILES string of the molecule is CC(C)=CCC/C(C)=C/COC(=O)c1ccccc1C(=O)O[Si](C)(C)C. The number of hydrogen-bond donors (Lipinski definition) is 0. The topological polar surface area (TPSA) is 52.6 Å². The summed E-state index contributed by atoms with van der Waals surface area (Å²) in [5, 5.41) is 0. The molecule has 1 aromatic carbocycles. The van der Waals surface area contributed by atoms with Gasteiger partial charge in [0.1, 0.15) is 6.61 Å². The van der Waals surface area contributed by atoms with Crippen molar-refractivity contribution in [1.82, 2.24) is 0 Å². The Morgan fingerprint density at radius 3 is 2.08 bits per heavy atom. The molecular formula is C21H30O4Si. The maximum Gasteiger partial charge on any atom is 0.339 e. The lowest BCUT2D eigenvalue weighted by molar-refractivity contribution is 0.0538. The van der Waals surface area contributed by atoms with Crippen molar-refractivity contribution in [2.75, 3.05) is 6.61 Å². The number of benzene rings is 1. The van der Waals surface area contributed by atoms with Gasteiger partial charge in [-0.15, -0.1) is 0 Å². The molecule has 0 radical (unpaired) electrons. The summed E-state index contributed by atoms with van der Waals surface area (Å²) in [6.45, 7) is 12.1. The lowest BCUT2D eigenvalue weighted by atomic mass is 10.1. The quantitative estimate of drug-likeness (QED) is 0.341. The molecule has 142 valence electrons. The molecule has 0 amide bonds. The standard InChI is InChI=1S/C21H30O4Si/c1-16(2)10-9-11-17(3)14-15-24-20(22)18-12-7-8-13-19(18)21(23)25-26(4,5)6/h7-8,10,12-14H,9,11,15H2,1-6H3/b17-14+. The molecule has 1 rings (SSSR count). The highest BCUT2D eigenvalue weighted by atomic mass is 28.4. The molecule has 5 heteroatoms. The zero-order valence-corrected chi connectivity index (χ0v) is 17.7. The van der Waals surface area contributed by atoms with Crippen molar-refractivity contribution in [3.8, 4) is 0 Å². The predicted molar refractivity (Wildman–Crippen MR) is 108 cm³/mol. The van der Waals surface area contributed by atoms with E-state index in [4.69, 9.17) is 9.16 Å². The minimum Gasteiger partial charge on any atom is -0.516 e. The van der Waals surface area contributed by atoms with Crippen LogP contribution in [0.5, 0.6) is 0 Å². The average Bonchev–Trinajstić information content (AvgIpc) is 2.52. The Bertz CT molecular complexity index is 692. The van der Waals surface area contributed by atoms with Crippen LogP contribution >= 0.6 is 0 Å². The maximum absolute atomic E-state index is 12.4. The summed E-state index contributed by atoms with van der Waals surface area (Å²) in [6.07, 6.45) is 6.00. The van der Waals surface area contributed by atoms with E-state index in [1.54, 1.807) is 24.3 Å². The van der Waals surface area contributed by atoms with E-state index in [2.05, 4.69) is 19.9 Å². The van der Waals surface area contributed by atoms with Gasteiger partial charge < -0.3 is 9.16 Å². The van der Waals surface area contributed by atoms with Crippen molar-refractivity contribution in [2.24, 2.45) is 0 Å². The highest BCUT2D eigenvalue weighted by molar-refractivity contribution is 6.71. The Labute approximate surface area is 158 Å². The molecule has 0 spiro atoms. The number of rotatable bonds is 8. The fourth-order valence-electron chi connectivity index (χ4n) is 2.20. The number of hydrogen-bond acceptors (Lipinski definition) is 4. The minimum absolute atomic E-state index is 0.191. The molecule has 0 aliphatic rings. The molecule has 0 unspecified atom stereocenters. The summed E-state index contributed by atoms with van der Waals surface area (Å²) in [6, 6.07) is 6.61. The van der Waals surface area contributed by atoms with E-state index in [1.165, 1.54) is 11.1 Å². The van der Waals surface area contributed by atoms with Crippen molar-refractivity contribution < 1.29 is 18.8 Å². The first-order chi connectivity index (χ1) is 12.1. The summed E-state index contributed by atoms with van der Waals surface area (Å²) >= 11 is 0. The third kappa shape index (κ3) is 8.29. The van der Waals surface area contributed by atoms with E-state index in [0.29, 0.717) is 0 Å². The van der Waals surface area contributed by atoms with Crippen LogP contribution in [-0.2, 0) is 9.16 Å². The molecule has 0 aliphatic heterocycles. The minimum atomic E-state index is -2.04. The molecule has 0 atom stereocenters. The normalized spacial score (nSPS) is 11.7. The Hall–Kier alpha value is -2.14. The van der Waals surface area contributed by atoms with E-state index >= 15 is 0 Å². The number of carbonyl (C=O) groups excluding carboxylic acids is 2. The number of carbonyl (C=O) groups is 2. The smallest absolute Gasteiger partial charge is 0.339 e. The molecule has 0 aliphatic carbocycles. The van der Waals surface area contributed by atoms with Crippen LogP contribution in [0, 0.1) is 0 Å². The largest absolute Gasteiger partial charge is 0.516 e. The first kappa shape index (κ1) is 21.9. The van der Waals surface area contributed by atoms with Crippen molar-refractivity contribution in [1.29, 1.82) is 0 Å². The molecule has 0 heterocycles. The zero-order chi connectivity index (χ0) is 19.7. The van der Waals surface area contributed by atoms with Crippen LogP contribution in [0.1, 0.15) is 54.3 Å². The summed E-state index contributed by atoms with van der Waals surface area (Å²) < 4.78 is 10.8. The van der Waals surface area contributed by atoms with Gasteiger partial charge in [-0.3, -0.25) is 0 Å². The van der Waals surface area contributed by atoms with Crippen molar-refractivity contribution in [3.63, 3.8) is 0 Å². The van der Waals surface area contributed by atoms with Crippen LogP contribution in [-0.4, -0.2) is 26.9 Å². The lowest BCUT2D eigenvalue weighted by Crippen LogP contribution is -2.30. The fraction of sp³-hybridized carbons (Fsp3) is 0.429. The van der Waals surface area contributed by atoms with Crippen molar-refractivity contribution in [3.05, 3.63) is 58.7 Å². The molecule has 4 nitrogen and oxygen atoms in total. The molecule has 0 aromatic heterocycles. The lowest BCUT2D eigenvalue weighted by Gasteiger charge is -2.18. The Morgan fingerprint density at radius 2 is 1.54 bits per heavy atom. The van der Waals surface area contributed by atoms with Crippen LogP contribution in [0.3, 0.4) is 0 Å². The third-order valence-corrected chi connectivity index (χ3v) is 4.30. The molecule has 0 saturated carbocycles. The molecule has 0 fully saturated rings. The first-order valence-electron chi connectivity index (χ1n) is 8.88. The molecule has 1 aromatic rings. The molecule has 26 heavy (non-hydrogen) atoms. The van der Waals surface area contributed by atoms with Gasteiger partial charge in [0.2, 0.25) is 8.32 Å². The van der Waals surface area contributed by atoms with E-state index in [1.807, 2.05) is 32.6 Å². The van der Waals surface area contributed by atoms with E-state index in [0.717, 1.165) is 12.8 Å². The van der Waals surface area contributed by atoms with Gasteiger partial charge in [-0.2, -0.15) is 0 Å². The van der Waals surface area contributed by atoms with Gasteiger partial charge in [-0.05, 0) is 71.5 Å². The van der Waals surface area contributed by atoms with E-state index in [9.17, 15) is 9.59 Å². The van der Waals surface area contributed by atoms with Gasteiger partial charge in [0.05, 0.1) is 11.1 Å². The van der Waals surface area contributed by atoms with Gasteiger partial charge in [0.15, 0.2) is 0 Å². The zero-order valence-electron chi connectivity index (χ0n) is 16.7. The van der Waals surface area contributed by atoms with Crippen molar-refractivity contribution >= 4 is 20.3 Å². The molecule has 0 N–H and O–H groups in total. The second-order valence-corrected chi connectivity index (χ2v) is 11.9. The van der Waals surface area contributed by atoms with Crippen LogP contribution < -0.4 is 0 Å². The molecular weight excluding hydrogens is 344 g/mol. The first-order valence-corrected chi connectivity index (χ1v) is 12.3.